The van der Waals surface area contributed by atoms with Crippen molar-refractivity contribution < 1.29 is 9.15 Å². The standard InChI is InChI=1S/C30H27NO2/c1-2-8-23(9-3-1)29-21-28-26-11-5-4-10-24(26)20-27(30(28)33-29)22-12-14-25(15-13-22)32-19-18-31-16-6-7-17-31/h1-5,8-15,20-21H,6-7,16-19H2. The van der Waals surface area contributed by atoms with Gasteiger partial charge in [-0.2, -0.15) is 0 Å². The number of rotatable bonds is 6. The zero-order valence-corrected chi connectivity index (χ0v) is 18.7. The lowest BCUT2D eigenvalue weighted by molar-refractivity contribution is 0.238. The average Bonchev–Trinajstić information content (AvgIpc) is 3.55. The topological polar surface area (TPSA) is 25.6 Å². The van der Waals surface area contributed by atoms with Gasteiger partial charge in [-0.15, -0.1) is 0 Å². The number of hydrogen-bond acceptors (Lipinski definition) is 3. The lowest BCUT2D eigenvalue weighted by atomic mass is 9.97. The van der Waals surface area contributed by atoms with E-state index in [1.165, 1.54) is 36.7 Å². The largest absolute Gasteiger partial charge is 0.492 e. The fourth-order valence-electron chi connectivity index (χ4n) is 4.87. The zero-order valence-electron chi connectivity index (χ0n) is 18.7. The summed E-state index contributed by atoms with van der Waals surface area (Å²) >= 11 is 0. The van der Waals surface area contributed by atoms with Crippen LogP contribution in [-0.2, 0) is 0 Å². The smallest absolute Gasteiger partial charge is 0.143 e. The van der Waals surface area contributed by atoms with Gasteiger partial charge in [-0.25, -0.2) is 0 Å². The maximum Gasteiger partial charge on any atom is 0.143 e. The van der Waals surface area contributed by atoms with Gasteiger partial charge in [0.15, 0.2) is 0 Å². The second-order valence-corrected chi connectivity index (χ2v) is 8.79. The summed E-state index contributed by atoms with van der Waals surface area (Å²) in [6.45, 7) is 4.14. The molecule has 0 amide bonds. The second kappa shape index (κ2) is 8.76. The SMILES string of the molecule is c1ccc(-c2cc3c(o2)c(-c2ccc(OCCN4CCCC4)cc2)cc2ccccc23)cc1. The number of ether oxygens (including phenoxy) is 1. The Bertz CT molecular complexity index is 1380. The van der Waals surface area contributed by atoms with Gasteiger partial charge in [-0.1, -0.05) is 66.7 Å². The van der Waals surface area contributed by atoms with Crippen LogP contribution in [0.25, 0.3) is 44.2 Å². The van der Waals surface area contributed by atoms with Crippen molar-refractivity contribution in [3.8, 4) is 28.2 Å². The Morgan fingerprint density at radius 1 is 0.727 bits per heavy atom. The van der Waals surface area contributed by atoms with Crippen LogP contribution in [-0.4, -0.2) is 31.1 Å². The first kappa shape index (κ1) is 20.1. The Morgan fingerprint density at radius 2 is 1.48 bits per heavy atom. The first-order valence-corrected chi connectivity index (χ1v) is 11.8. The number of nitrogens with zero attached hydrogens (tertiary/aromatic N) is 1. The highest BCUT2D eigenvalue weighted by atomic mass is 16.5. The number of benzene rings is 4. The zero-order chi connectivity index (χ0) is 22.0. The van der Waals surface area contributed by atoms with Crippen molar-refractivity contribution in [1.29, 1.82) is 0 Å². The van der Waals surface area contributed by atoms with Crippen molar-refractivity contribution in [2.45, 2.75) is 12.8 Å². The monoisotopic (exact) mass is 433 g/mol. The van der Waals surface area contributed by atoms with Crippen LogP contribution in [0.15, 0.2) is 95.4 Å². The fraction of sp³-hybridized carbons (Fsp3) is 0.200. The highest BCUT2D eigenvalue weighted by Crippen LogP contribution is 2.39. The van der Waals surface area contributed by atoms with Crippen LogP contribution in [0.4, 0.5) is 0 Å². The van der Waals surface area contributed by atoms with Gasteiger partial charge in [0, 0.05) is 23.1 Å². The Kier molecular flexibility index (Phi) is 5.33. The van der Waals surface area contributed by atoms with Gasteiger partial charge in [0.25, 0.3) is 0 Å². The van der Waals surface area contributed by atoms with Crippen LogP contribution in [0.5, 0.6) is 5.75 Å². The normalized spacial score (nSPS) is 14.3. The summed E-state index contributed by atoms with van der Waals surface area (Å²) in [5, 5.41) is 3.57. The molecule has 3 nitrogen and oxygen atoms in total. The minimum absolute atomic E-state index is 0.734. The number of furan rings is 1. The van der Waals surface area contributed by atoms with E-state index >= 15 is 0 Å². The van der Waals surface area contributed by atoms with E-state index in [1.807, 2.05) is 18.2 Å². The summed E-state index contributed by atoms with van der Waals surface area (Å²) in [5.41, 5.74) is 4.25. The highest BCUT2D eigenvalue weighted by molar-refractivity contribution is 6.12. The summed E-state index contributed by atoms with van der Waals surface area (Å²) in [6.07, 6.45) is 2.63. The van der Waals surface area contributed by atoms with E-state index in [9.17, 15) is 0 Å². The van der Waals surface area contributed by atoms with Gasteiger partial charge < -0.3 is 9.15 Å². The van der Waals surface area contributed by atoms with Gasteiger partial charge in [0.2, 0.25) is 0 Å². The molecule has 0 aliphatic carbocycles. The molecule has 0 spiro atoms. The van der Waals surface area contributed by atoms with Crippen molar-refractivity contribution in [3.63, 3.8) is 0 Å². The van der Waals surface area contributed by atoms with Crippen LogP contribution in [0, 0.1) is 0 Å². The lowest BCUT2D eigenvalue weighted by Gasteiger charge is -2.15. The predicted octanol–water partition coefficient (Wildman–Crippen LogP) is 7.39. The molecule has 164 valence electrons. The Hall–Kier alpha value is -3.56. The predicted molar refractivity (Wildman–Crippen MR) is 136 cm³/mol. The van der Waals surface area contributed by atoms with E-state index in [0.29, 0.717) is 0 Å². The Labute approximate surface area is 194 Å². The number of hydrogen-bond donors (Lipinski definition) is 0. The first-order chi connectivity index (χ1) is 16.3. The molecule has 4 aromatic carbocycles. The molecule has 0 bridgehead atoms. The Morgan fingerprint density at radius 3 is 2.30 bits per heavy atom. The quantitative estimate of drug-likeness (QED) is 0.279. The van der Waals surface area contributed by atoms with Crippen molar-refractivity contribution >= 4 is 21.7 Å². The molecule has 0 unspecified atom stereocenters. The molecular weight excluding hydrogens is 406 g/mol. The van der Waals surface area contributed by atoms with Crippen molar-refractivity contribution in [2.75, 3.05) is 26.2 Å². The van der Waals surface area contributed by atoms with E-state index in [4.69, 9.17) is 9.15 Å². The molecule has 3 heteroatoms. The van der Waals surface area contributed by atoms with Crippen LogP contribution in [0.2, 0.25) is 0 Å². The third-order valence-electron chi connectivity index (χ3n) is 6.63. The molecule has 1 fully saturated rings. The van der Waals surface area contributed by atoms with E-state index < -0.39 is 0 Å². The number of likely N-dealkylation sites (tertiary alicyclic amines) is 1. The van der Waals surface area contributed by atoms with Gasteiger partial charge in [-0.05, 0) is 66.5 Å². The molecule has 1 aliphatic rings. The lowest BCUT2D eigenvalue weighted by Crippen LogP contribution is -2.25. The van der Waals surface area contributed by atoms with Crippen molar-refractivity contribution in [1.82, 2.24) is 4.90 Å². The summed E-state index contributed by atoms with van der Waals surface area (Å²) in [7, 11) is 0. The molecule has 0 radical (unpaired) electrons. The van der Waals surface area contributed by atoms with Crippen LogP contribution >= 0.6 is 0 Å². The highest BCUT2D eigenvalue weighted by Gasteiger charge is 2.15. The molecule has 2 heterocycles. The summed E-state index contributed by atoms with van der Waals surface area (Å²) in [5.74, 6) is 1.81. The van der Waals surface area contributed by atoms with Crippen molar-refractivity contribution in [2.24, 2.45) is 0 Å². The number of fused-ring (bicyclic) bond motifs is 3. The van der Waals surface area contributed by atoms with Crippen LogP contribution < -0.4 is 4.74 Å². The van der Waals surface area contributed by atoms with Gasteiger partial charge in [-0.3, -0.25) is 4.90 Å². The third-order valence-corrected chi connectivity index (χ3v) is 6.63. The summed E-state index contributed by atoms with van der Waals surface area (Å²) < 4.78 is 12.5. The molecule has 1 aliphatic heterocycles. The summed E-state index contributed by atoms with van der Waals surface area (Å²) in [6, 6.07) is 31.6. The Balaban J connectivity index is 1.35. The van der Waals surface area contributed by atoms with Crippen LogP contribution in [0.1, 0.15) is 12.8 Å². The molecule has 0 N–H and O–H groups in total. The van der Waals surface area contributed by atoms with E-state index in [-0.39, 0.29) is 0 Å². The molecule has 5 aromatic rings. The van der Waals surface area contributed by atoms with Gasteiger partial charge >= 0.3 is 0 Å². The maximum absolute atomic E-state index is 6.46. The van der Waals surface area contributed by atoms with Gasteiger partial charge in [0.1, 0.15) is 23.7 Å². The fourth-order valence-corrected chi connectivity index (χ4v) is 4.87. The van der Waals surface area contributed by atoms with Crippen molar-refractivity contribution in [3.05, 3.63) is 91.0 Å². The van der Waals surface area contributed by atoms with E-state index in [1.54, 1.807) is 0 Å². The summed E-state index contributed by atoms with van der Waals surface area (Å²) in [4.78, 5) is 2.47. The minimum atomic E-state index is 0.734. The first-order valence-electron chi connectivity index (χ1n) is 11.8. The molecule has 33 heavy (non-hydrogen) atoms. The maximum atomic E-state index is 6.46. The molecule has 6 rings (SSSR count). The van der Waals surface area contributed by atoms with E-state index in [2.05, 4.69) is 77.7 Å². The molecule has 0 saturated carbocycles. The third kappa shape index (κ3) is 4.01. The molecule has 0 atom stereocenters. The minimum Gasteiger partial charge on any atom is -0.492 e. The molecule has 1 saturated heterocycles. The average molecular weight is 434 g/mol. The van der Waals surface area contributed by atoms with Crippen LogP contribution in [0.3, 0.4) is 0 Å². The van der Waals surface area contributed by atoms with Gasteiger partial charge in [0.05, 0.1) is 0 Å². The van der Waals surface area contributed by atoms with E-state index in [0.717, 1.165) is 52.3 Å². The molecule has 1 aromatic heterocycles. The molecular formula is C30H27NO2. The second-order valence-electron chi connectivity index (χ2n) is 8.79.